The van der Waals surface area contributed by atoms with E-state index in [1.165, 1.54) is 12.1 Å². The van der Waals surface area contributed by atoms with E-state index in [9.17, 15) is 10.1 Å². The summed E-state index contributed by atoms with van der Waals surface area (Å²) in [7, 11) is 3.95. The van der Waals surface area contributed by atoms with Crippen molar-refractivity contribution in [2.45, 2.75) is 0 Å². The van der Waals surface area contributed by atoms with Gasteiger partial charge in [-0.15, -0.1) is 0 Å². The van der Waals surface area contributed by atoms with Gasteiger partial charge in [0, 0.05) is 24.3 Å². The average molecular weight is 167 g/mol. The maximum Gasteiger partial charge on any atom is 0.269 e. The summed E-state index contributed by atoms with van der Waals surface area (Å²) in [5.41, 5.74) is 1.18. The molecule has 0 saturated carbocycles. The first-order valence-corrected chi connectivity index (χ1v) is 3.66. The van der Waals surface area contributed by atoms with Gasteiger partial charge in [-0.25, -0.2) is 0 Å². The molecule has 0 spiro atoms. The standard InChI is InChI=1S/C8H10N2O2/c1-9(2)7-3-5-8(6-4-7)10(11)12/h3-6H,1-2H3/p+1. The van der Waals surface area contributed by atoms with Crippen LogP contribution in [0.4, 0.5) is 11.4 Å². The number of nitro benzene ring substituents is 1. The molecule has 0 saturated heterocycles. The number of rotatable bonds is 2. The maximum absolute atomic E-state index is 10.3. The molecule has 0 bridgehead atoms. The molecular weight excluding hydrogens is 156 g/mol. The Morgan fingerprint density at radius 1 is 1.25 bits per heavy atom. The lowest BCUT2D eigenvalue weighted by Crippen LogP contribution is -3.00. The van der Waals surface area contributed by atoms with Crippen molar-refractivity contribution < 1.29 is 9.82 Å². The molecule has 4 heteroatoms. The Hall–Kier alpha value is -1.42. The summed E-state index contributed by atoms with van der Waals surface area (Å²) in [6.07, 6.45) is 0. The highest BCUT2D eigenvalue weighted by Gasteiger charge is 2.06. The summed E-state index contributed by atoms with van der Waals surface area (Å²) in [6.45, 7) is 0. The molecule has 0 heterocycles. The van der Waals surface area contributed by atoms with Crippen molar-refractivity contribution in [3.05, 3.63) is 34.4 Å². The molecule has 0 aromatic heterocycles. The number of non-ortho nitro benzene ring substituents is 1. The highest BCUT2D eigenvalue weighted by Crippen LogP contribution is 2.11. The zero-order valence-corrected chi connectivity index (χ0v) is 7.07. The predicted octanol–water partition coefficient (Wildman–Crippen LogP) is 0.371. The second-order valence-electron chi connectivity index (χ2n) is 2.80. The Bertz CT molecular complexity index is 280. The number of benzene rings is 1. The average Bonchev–Trinajstić information content (AvgIpc) is 2.04. The van der Waals surface area contributed by atoms with Crippen LogP contribution >= 0.6 is 0 Å². The monoisotopic (exact) mass is 167 g/mol. The van der Waals surface area contributed by atoms with Crippen molar-refractivity contribution in [3.63, 3.8) is 0 Å². The minimum Gasteiger partial charge on any atom is -0.307 e. The van der Waals surface area contributed by atoms with Gasteiger partial charge in [0.1, 0.15) is 5.69 Å². The van der Waals surface area contributed by atoms with Crippen molar-refractivity contribution in [2.24, 2.45) is 0 Å². The molecule has 1 N–H and O–H groups in total. The zero-order valence-electron chi connectivity index (χ0n) is 7.07. The van der Waals surface area contributed by atoms with Gasteiger partial charge in [0.15, 0.2) is 0 Å². The lowest BCUT2D eigenvalue weighted by atomic mass is 10.3. The van der Waals surface area contributed by atoms with Gasteiger partial charge < -0.3 is 4.90 Å². The molecule has 1 aromatic carbocycles. The van der Waals surface area contributed by atoms with Gasteiger partial charge in [0.05, 0.1) is 19.0 Å². The van der Waals surface area contributed by atoms with E-state index >= 15 is 0 Å². The third-order valence-corrected chi connectivity index (χ3v) is 1.66. The van der Waals surface area contributed by atoms with Gasteiger partial charge in [0.25, 0.3) is 5.69 Å². The highest BCUT2D eigenvalue weighted by atomic mass is 16.6. The van der Waals surface area contributed by atoms with Gasteiger partial charge in [-0.3, -0.25) is 10.1 Å². The van der Waals surface area contributed by atoms with E-state index in [0.29, 0.717) is 0 Å². The molecule has 1 rings (SSSR count). The van der Waals surface area contributed by atoms with Crippen molar-refractivity contribution in [1.82, 2.24) is 0 Å². The van der Waals surface area contributed by atoms with Crippen LogP contribution in [0.5, 0.6) is 0 Å². The van der Waals surface area contributed by atoms with E-state index in [-0.39, 0.29) is 5.69 Å². The van der Waals surface area contributed by atoms with E-state index in [1.807, 2.05) is 14.1 Å². The van der Waals surface area contributed by atoms with E-state index < -0.39 is 4.92 Å². The van der Waals surface area contributed by atoms with Crippen molar-refractivity contribution in [2.75, 3.05) is 14.1 Å². The van der Waals surface area contributed by atoms with Crippen LogP contribution < -0.4 is 4.90 Å². The molecule has 1 aromatic rings. The minimum absolute atomic E-state index is 0.139. The van der Waals surface area contributed by atoms with Crippen LogP contribution in [0.3, 0.4) is 0 Å². The van der Waals surface area contributed by atoms with Gasteiger partial charge >= 0.3 is 0 Å². The highest BCUT2D eigenvalue weighted by molar-refractivity contribution is 5.39. The molecular formula is C8H11N2O2+. The minimum atomic E-state index is -0.394. The Morgan fingerprint density at radius 2 is 1.75 bits per heavy atom. The van der Waals surface area contributed by atoms with Crippen LogP contribution in [0, 0.1) is 10.1 Å². The van der Waals surface area contributed by atoms with Crippen LogP contribution in [-0.2, 0) is 0 Å². The van der Waals surface area contributed by atoms with Crippen LogP contribution in [0.15, 0.2) is 24.3 Å². The van der Waals surface area contributed by atoms with Gasteiger partial charge in [-0.2, -0.15) is 0 Å². The van der Waals surface area contributed by atoms with Crippen LogP contribution in [-0.4, -0.2) is 19.0 Å². The molecule has 0 radical (unpaired) electrons. The number of hydrogen-bond donors (Lipinski definition) is 1. The number of hydrogen-bond acceptors (Lipinski definition) is 2. The van der Waals surface area contributed by atoms with Crippen LogP contribution in [0.1, 0.15) is 0 Å². The molecule has 0 aliphatic heterocycles. The third kappa shape index (κ3) is 1.79. The molecule has 0 amide bonds. The molecule has 4 nitrogen and oxygen atoms in total. The largest absolute Gasteiger partial charge is 0.307 e. The lowest BCUT2D eigenvalue weighted by Gasteiger charge is -2.04. The Balaban J connectivity index is 2.93. The zero-order chi connectivity index (χ0) is 9.14. The van der Waals surface area contributed by atoms with E-state index in [2.05, 4.69) is 0 Å². The van der Waals surface area contributed by atoms with Crippen LogP contribution in [0.2, 0.25) is 0 Å². The summed E-state index contributed by atoms with van der Waals surface area (Å²) in [4.78, 5) is 11.0. The predicted molar refractivity (Wildman–Crippen MR) is 45.6 cm³/mol. The second kappa shape index (κ2) is 3.32. The topological polar surface area (TPSA) is 47.6 Å². The van der Waals surface area contributed by atoms with Gasteiger partial charge in [0.2, 0.25) is 0 Å². The van der Waals surface area contributed by atoms with Crippen molar-refractivity contribution in [3.8, 4) is 0 Å². The summed E-state index contributed by atoms with van der Waals surface area (Å²) in [5.74, 6) is 0. The fraction of sp³-hybridized carbons (Fsp3) is 0.250. The van der Waals surface area contributed by atoms with Crippen molar-refractivity contribution >= 4 is 11.4 Å². The van der Waals surface area contributed by atoms with Gasteiger partial charge in [-0.1, -0.05) is 0 Å². The van der Waals surface area contributed by atoms with Crippen molar-refractivity contribution in [1.29, 1.82) is 0 Å². The van der Waals surface area contributed by atoms with Crippen LogP contribution in [0.25, 0.3) is 0 Å². The molecule has 64 valence electrons. The maximum atomic E-state index is 10.3. The number of nitrogens with one attached hydrogen (secondary N) is 1. The molecule has 0 unspecified atom stereocenters. The number of nitrogens with zero attached hydrogens (tertiary/aromatic N) is 1. The third-order valence-electron chi connectivity index (χ3n) is 1.66. The summed E-state index contributed by atoms with van der Waals surface area (Å²) in [5, 5.41) is 10.3. The molecule has 0 atom stereocenters. The first kappa shape index (κ1) is 8.67. The normalized spacial score (nSPS) is 10.2. The molecule has 0 fully saturated rings. The molecule has 0 aliphatic rings. The SMILES string of the molecule is C[NH+](C)c1ccc([N+](=O)[O-])cc1. The van der Waals surface area contributed by atoms with E-state index in [4.69, 9.17) is 0 Å². The van der Waals surface area contributed by atoms with Gasteiger partial charge in [-0.05, 0) is 0 Å². The first-order chi connectivity index (χ1) is 5.61. The molecule has 0 aliphatic carbocycles. The Morgan fingerprint density at radius 3 is 2.08 bits per heavy atom. The Labute approximate surface area is 70.6 Å². The summed E-state index contributed by atoms with van der Waals surface area (Å²) in [6, 6.07) is 6.55. The quantitative estimate of drug-likeness (QED) is 0.511. The number of quaternary nitrogens is 1. The van der Waals surface area contributed by atoms with E-state index in [0.717, 1.165) is 10.6 Å². The van der Waals surface area contributed by atoms with E-state index in [1.54, 1.807) is 12.1 Å². The Kier molecular flexibility index (Phi) is 2.40. The number of nitro groups is 1. The molecule has 12 heavy (non-hydrogen) atoms. The summed E-state index contributed by atoms with van der Waals surface area (Å²) >= 11 is 0. The smallest absolute Gasteiger partial charge is 0.269 e. The lowest BCUT2D eigenvalue weighted by molar-refractivity contribution is -0.786. The first-order valence-electron chi connectivity index (χ1n) is 3.66. The summed E-state index contributed by atoms with van der Waals surface area (Å²) < 4.78 is 0. The fourth-order valence-electron chi connectivity index (χ4n) is 0.916. The fourth-order valence-corrected chi connectivity index (χ4v) is 0.916. The second-order valence-corrected chi connectivity index (χ2v) is 2.80.